The van der Waals surface area contributed by atoms with E-state index >= 15 is 0 Å². The smallest absolute Gasteiger partial charge is 0.333 e. The van der Waals surface area contributed by atoms with Crippen LogP contribution in [0.4, 0.5) is 0 Å². The first-order valence-electron chi connectivity index (χ1n) is 10.1. The van der Waals surface area contributed by atoms with Crippen molar-refractivity contribution in [2.75, 3.05) is 24.7 Å². The Morgan fingerprint density at radius 1 is 0.714 bits per heavy atom. The standard InChI is InChI=1S/C24H22Br4O4S3/c1-13(2)23(29)31-5-7-33-21-17(25)9-15(10-18(21)26)35-16-11-19(27)22(20(28)12-16)34-8-6-32-24(30)14(3)4/h9-12H,1,3,5-8H2,2,4H3. The number of hydrogen-bond acceptors (Lipinski definition) is 7. The monoisotopic (exact) mass is 786 g/mol. The molecule has 2 rings (SSSR count). The van der Waals surface area contributed by atoms with Gasteiger partial charge in [-0.25, -0.2) is 9.59 Å². The van der Waals surface area contributed by atoms with Gasteiger partial charge in [-0.2, -0.15) is 0 Å². The molecule has 0 saturated heterocycles. The summed E-state index contributed by atoms with van der Waals surface area (Å²) in [6, 6.07) is 8.27. The molecule has 0 N–H and O–H groups in total. The van der Waals surface area contributed by atoms with Gasteiger partial charge in [-0.3, -0.25) is 0 Å². The van der Waals surface area contributed by atoms with Gasteiger partial charge in [0.25, 0.3) is 0 Å². The van der Waals surface area contributed by atoms with E-state index in [9.17, 15) is 9.59 Å². The van der Waals surface area contributed by atoms with Gasteiger partial charge in [-0.15, -0.1) is 23.5 Å². The summed E-state index contributed by atoms with van der Waals surface area (Å²) in [6.07, 6.45) is 0. The minimum Gasteiger partial charge on any atom is -0.461 e. The first-order valence-corrected chi connectivity index (χ1v) is 16.0. The normalized spacial score (nSPS) is 10.7. The summed E-state index contributed by atoms with van der Waals surface area (Å²) in [4.78, 5) is 27.2. The number of carbonyl (C=O) groups is 2. The van der Waals surface area contributed by atoms with E-state index < -0.39 is 0 Å². The highest BCUT2D eigenvalue weighted by atomic mass is 79.9. The second-order valence-corrected chi connectivity index (χ2v) is 13.8. The maximum Gasteiger partial charge on any atom is 0.333 e. The van der Waals surface area contributed by atoms with Crippen molar-refractivity contribution in [2.45, 2.75) is 33.4 Å². The third kappa shape index (κ3) is 10.2. The van der Waals surface area contributed by atoms with Crippen LogP contribution in [0.2, 0.25) is 0 Å². The van der Waals surface area contributed by atoms with Crippen LogP contribution in [-0.2, 0) is 19.1 Å². The molecule has 0 aliphatic rings. The van der Waals surface area contributed by atoms with E-state index in [0.717, 1.165) is 37.5 Å². The molecule has 0 fully saturated rings. The van der Waals surface area contributed by atoms with Crippen LogP contribution in [0.1, 0.15) is 13.8 Å². The van der Waals surface area contributed by atoms with Gasteiger partial charge in [0.15, 0.2) is 0 Å². The Labute approximate surface area is 252 Å². The third-order valence-electron chi connectivity index (χ3n) is 4.00. The lowest BCUT2D eigenvalue weighted by atomic mass is 10.4. The van der Waals surface area contributed by atoms with Crippen LogP contribution in [0.5, 0.6) is 0 Å². The lowest BCUT2D eigenvalue weighted by molar-refractivity contribution is -0.139. The number of thioether (sulfide) groups is 2. The Morgan fingerprint density at radius 2 is 1.03 bits per heavy atom. The molecule has 0 aromatic heterocycles. The number of hydrogen-bond donors (Lipinski definition) is 0. The number of halogens is 4. The Balaban J connectivity index is 1.99. The van der Waals surface area contributed by atoms with Crippen molar-refractivity contribution in [3.63, 3.8) is 0 Å². The van der Waals surface area contributed by atoms with Crippen molar-refractivity contribution >= 4 is 111 Å². The van der Waals surface area contributed by atoms with Crippen LogP contribution in [0.15, 0.2) is 86.0 Å². The maximum absolute atomic E-state index is 11.5. The van der Waals surface area contributed by atoms with Crippen molar-refractivity contribution in [1.82, 2.24) is 0 Å². The number of esters is 2. The first kappa shape index (κ1) is 31.1. The summed E-state index contributed by atoms with van der Waals surface area (Å²) < 4.78 is 14.2. The van der Waals surface area contributed by atoms with Crippen molar-refractivity contribution in [1.29, 1.82) is 0 Å². The van der Waals surface area contributed by atoms with Gasteiger partial charge in [0, 0.05) is 60.1 Å². The van der Waals surface area contributed by atoms with Gasteiger partial charge in [0.1, 0.15) is 13.2 Å². The van der Waals surface area contributed by atoms with Crippen molar-refractivity contribution in [3.8, 4) is 0 Å². The second-order valence-electron chi connectivity index (χ2n) is 7.06. The molecule has 0 aliphatic heterocycles. The van der Waals surface area contributed by atoms with E-state index in [1.54, 1.807) is 49.1 Å². The van der Waals surface area contributed by atoms with Gasteiger partial charge >= 0.3 is 11.9 Å². The molecule has 11 heteroatoms. The maximum atomic E-state index is 11.5. The lowest BCUT2D eigenvalue weighted by Crippen LogP contribution is -2.07. The van der Waals surface area contributed by atoms with E-state index in [1.807, 2.05) is 0 Å². The van der Waals surface area contributed by atoms with E-state index in [0.29, 0.717) is 35.9 Å². The molecule has 0 aliphatic carbocycles. The molecule has 0 amide bonds. The molecule has 0 saturated carbocycles. The molecule has 2 aromatic carbocycles. The van der Waals surface area contributed by atoms with Crippen LogP contribution in [0.25, 0.3) is 0 Å². The van der Waals surface area contributed by atoms with Crippen LogP contribution < -0.4 is 0 Å². The highest BCUT2D eigenvalue weighted by molar-refractivity contribution is 9.11. The van der Waals surface area contributed by atoms with E-state index in [-0.39, 0.29) is 11.9 Å². The zero-order valence-electron chi connectivity index (χ0n) is 18.9. The molecule has 0 unspecified atom stereocenters. The minimum atomic E-state index is -0.372. The Hall–Kier alpha value is -0.170. The fourth-order valence-electron chi connectivity index (χ4n) is 2.41. The highest BCUT2D eigenvalue weighted by Gasteiger charge is 2.13. The van der Waals surface area contributed by atoms with Crippen LogP contribution >= 0.6 is 99.0 Å². The Kier molecular flexibility index (Phi) is 13.6. The topological polar surface area (TPSA) is 52.6 Å². The average molecular weight is 790 g/mol. The lowest BCUT2D eigenvalue weighted by Gasteiger charge is -2.13. The molecule has 0 bridgehead atoms. The number of carbonyl (C=O) groups excluding carboxylic acids is 2. The summed E-state index contributed by atoms with van der Waals surface area (Å²) in [5.74, 6) is 0.522. The third-order valence-corrected chi connectivity index (χ3v) is 10.7. The fraction of sp³-hybridized carbons (Fsp3) is 0.250. The average Bonchev–Trinajstić information content (AvgIpc) is 2.76. The number of benzene rings is 2. The molecule has 0 heterocycles. The quantitative estimate of drug-likeness (QED) is 0.0920. The zero-order valence-corrected chi connectivity index (χ0v) is 27.7. The summed E-state index contributed by atoms with van der Waals surface area (Å²) in [7, 11) is 0. The summed E-state index contributed by atoms with van der Waals surface area (Å²) >= 11 is 19.5. The predicted octanol–water partition coefficient (Wildman–Crippen LogP) is 9.31. The highest BCUT2D eigenvalue weighted by Crippen LogP contribution is 2.43. The van der Waals surface area contributed by atoms with E-state index in [2.05, 4.69) is 101 Å². The van der Waals surface area contributed by atoms with Crippen molar-refractivity contribution in [3.05, 3.63) is 66.5 Å². The molecule has 2 aromatic rings. The van der Waals surface area contributed by atoms with Gasteiger partial charge in [-0.1, -0.05) is 24.9 Å². The molecule has 188 valence electrons. The van der Waals surface area contributed by atoms with Crippen LogP contribution in [0, 0.1) is 0 Å². The zero-order chi connectivity index (χ0) is 26.1. The van der Waals surface area contributed by atoms with Gasteiger partial charge in [0.05, 0.1) is 0 Å². The van der Waals surface area contributed by atoms with Crippen LogP contribution in [0.3, 0.4) is 0 Å². The van der Waals surface area contributed by atoms with Crippen LogP contribution in [-0.4, -0.2) is 36.7 Å². The van der Waals surface area contributed by atoms with Crippen molar-refractivity contribution < 1.29 is 19.1 Å². The predicted molar refractivity (Wildman–Crippen MR) is 161 cm³/mol. The number of ether oxygens (including phenoxy) is 2. The van der Waals surface area contributed by atoms with Gasteiger partial charge in [0.2, 0.25) is 0 Å². The Bertz CT molecular complexity index is 1000. The molecule has 0 spiro atoms. The van der Waals surface area contributed by atoms with Gasteiger partial charge < -0.3 is 9.47 Å². The van der Waals surface area contributed by atoms with E-state index in [4.69, 9.17) is 9.47 Å². The largest absolute Gasteiger partial charge is 0.461 e. The fourth-order valence-corrected chi connectivity index (χ4v) is 9.27. The van der Waals surface area contributed by atoms with Gasteiger partial charge in [-0.05, 0) is 102 Å². The molecular formula is C24H22Br4O4S3. The first-order chi connectivity index (χ1) is 16.5. The minimum absolute atomic E-state index is 0.314. The number of rotatable bonds is 12. The van der Waals surface area contributed by atoms with E-state index in [1.165, 1.54) is 0 Å². The SMILES string of the molecule is C=C(C)C(=O)OCCSc1c(Br)cc(Sc2cc(Br)c(SCCOC(=O)C(=C)C)c(Br)c2)cc1Br. The summed E-state index contributed by atoms with van der Waals surface area (Å²) in [5, 5.41) is 0. The molecule has 35 heavy (non-hydrogen) atoms. The molecule has 0 radical (unpaired) electrons. The molecule has 4 nitrogen and oxygen atoms in total. The molecule has 0 atom stereocenters. The second kappa shape index (κ2) is 15.3. The van der Waals surface area contributed by atoms with Crippen molar-refractivity contribution in [2.24, 2.45) is 0 Å². The summed E-state index contributed by atoms with van der Waals surface area (Å²) in [5.41, 5.74) is 0.792. The molecular weight excluding hydrogens is 768 g/mol. The summed E-state index contributed by atoms with van der Waals surface area (Å²) in [6.45, 7) is 11.1. The Morgan fingerprint density at radius 3 is 1.31 bits per heavy atom.